The number of carbonyl (C=O) groups is 2. The van der Waals surface area contributed by atoms with Crippen LogP contribution in [0.4, 0.5) is 4.79 Å². The molecule has 2 aliphatic heterocycles. The van der Waals surface area contributed by atoms with Crippen LogP contribution in [0.2, 0.25) is 0 Å². The lowest BCUT2D eigenvalue weighted by molar-refractivity contribution is 0.0146. The molecule has 0 atom stereocenters. The highest BCUT2D eigenvalue weighted by Crippen LogP contribution is 2.37. The zero-order valence-corrected chi connectivity index (χ0v) is 17.7. The number of piperazine rings is 1. The minimum Gasteiger partial charge on any atom is -0.496 e. The number of hydrogen-bond donors (Lipinski definition) is 0. The first kappa shape index (κ1) is 21.2. The van der Waals surface area contributed by atoms with E-state index in [-0.39, 0.29) is 18.5 Å². The second kappa shape index (κ2) is 8.86. The van der Waals surface area contributed by atoms with Gasteiger partial charge in [0.2, 0.25) is 5.78 Å². The average Bonchev–Trinajstić information content (AvgIpc) is 3.05. The fraction of sp³-hybridized carbons (Fsp3) is 0.545. The molecule has 2 aliphatic rings. The summed E-state index contributed by atoms with van der Waals surface area (Å²) < 4.78 is 16.4. The molecule has 0 spiro atoms. The lowest BCUT2D eigenvalue weighted by Gasteiger charge is -2.35. The van der Waals surface area contributed by atoms with Gasteiger partial charge in [0.05, 0.1) is 18.2 Å². The van der Waals surface area contributed by atoms with Gasteiger partial charge < -0.3 is 19.1 Å². The van der Waals surface area contributed by atoms with Gasteiger partial charge in [-0.2, -0.15) is 0 Å². The molecule has 0 unspecified atom stereocenters. The predicted octanol–water partition coefficient (Wildman–Crippen LogP) is 3.23. The Balaban J connectivity index is 1.50. The van der Waals surface area contributed by atoms with E-state index in [0.29, 0.717) is 30.2 Å². The molecule has 0 aromatic heterocycles. The van der Waals surface area contributed by atoms with Gasteiger partial charge >= 0.3 is 6.09 Å². The summed E-state index contributed by atoms with van der Waals surface area (Å²) in [6, 6.07) is 3.56. The number of carbonyl (C=O) groups excluding carboxylic acids is 2. The maximum absolute atomic E-state index is 12.1. The molecule has 29 heavy (non-hydrogen) atoms. The molecule has 1 fully saturated rings. The number of nitrogens with zero attached hydrogens (tertiary/aromatic N) is 2. The van der Waals surface area contributed by atoms with Gasteiger partial charge in [0.25, 0.3) is 0 Å². The van der Waals surface area contributed by atoms with E-state index in [9.17, 15) is 9.59 Å². The van der Waals surface area contributed by atoms with Crippen molar-refractivity contribution in [2.45, 2.75) is 32.8 Å². The molecule has 2 heterocycles. The van der Waals surface area contributed by atoms with Crippen molar-refractivity contribution < 1.29 is 23.8 Å². The highest BCUT2D eigenvalue weighted by molar-refractivity contribution is 6.03. The van der Waals surface area contributed by atoms with E-state index in [2.05, 4.69) is 11.0 Å². The fourth-order valence-electron chi connectivity index (χ4n) is 3.45. The third kappa shape index (κ3) is 5.29. The zero-order valence-electron chi connectivity index (χ0n) is 17.7. The Hall–Kier alpha value is -2.54. The molecule has 0 bridgehead atoms. The lowest BCUT2D eigenvalue weighted by atomic mass is 10.1. The molecule has 1 aromatic rings. The predicted molar refractivity (Wildman–Crippen MR) is 111 cm³/mol. The topological polar surface area (TPSA) is 68.3 Å². The molecule has 3 rings (SSSR count). The monoisotopic (exact) mass is 402 g/mol. The van der Waals surface area contributed by atoms with Gasteiger partial charge in [-0.3, -0.25) is 9.69 Å². The standard InChI is InChI=1S/C22H30N2O5/c1-22(2,3)29-21(26)24-13-11-23(12-14-24)10-6-5-7-17-19(27-4)9-8-16-18(25)15-28-20(16)17/h5,7-9H,6,10-15H2,1-4H3/b7-5-. The van der Waals surface area contributed by atoms with Crippen LogP contribution in [0.1, 0.15) is 43.1 Å². The third-order valence-corrected chi connectivity index (χ3v) is 4.94. The number of ether oxygens (including phenoxy) is 3. The molecule has 158 valence electrons. The maximum Gasteiger partial charge on any atom is 0.410 e. The van der Waals surface area contributed by atoms with Gasteiger partial charge in [-0.1, -0.05) is 12.2 Å². The number of Topliss-reactive ketones (excluding diaryl/α,β-unsaturated/α-hetero) is 1. The summed E-state index contributed by atoms with van der Waals surface area (Å²) in [5.41, 5.74) is 0.959. The summed E-state index contributed by atoms with van der Waals surface area (Å²) in [5.74, 6) is 1.30. The van der Waals surface area contributed by atoms with Crippen LogP contribution in [-0.4, -0.2) is 73.7 Å². The Morgan fingerprint density at radius 2 is 1.93 bits per heavy atom. The highest BCUT2D eigenvalue weighted by Gasteiger charge is 2.26. The van der Waals surface area contributed by atoms with Crippen molar-refractivity contribution in [2.24, 2.45) is 0 Å². The Bertz CT molecular complexity index is 789. The van der Waals surface area contributed by atoms with Gasteiger partial charge in [0.1, 0.15) is 17.1 Å². The van der Waals surface area contributed by atoms with Crippen molar-refractivity contribution in [2.75, 3.05) is 46.4 Å². The molecule has 7 nitrogen and oxygen atoms in total. The van der Waals surface area contributed by atoms with Crippen LogP contribution >= 0.6 is 0 Å². The molecular formula is C22H30N2O5. The van der Waals surface area contributed by atoms with E-state index in [0.717, 1.165) is 31.6 Å². The smallest absolute Gasteiger partial charge is 0.410 e. The molecule has 0 N–H and O–H groups in total. The lowest BCUT2D eigenvalue weighted by Crippen LogP contribution is -2.50. The summed E-state index contributed by atoms with van der Waals surface area (Å²) in [6.45, 7) is 9.64. The number of hydrogen-bond acceptors (Lipinski definition) is 6. The number of amides is 1. The van der Waals surface area contributed by atoms with Gasteiger partial charge in [0.15, 0.2) is 6.61 Å². The number of benzene rings is 1. The first-order chi connectivity index (χ1) is 13.8. The highest BCUT2D eigenvalue weighted by atomic mass is 16.6. The van der Waals surface area contributed by atoms with Crippen molar-refractivity contribution in [3.8, 4) is 11.5 Å². The van der Waals surface area contributed by atoms with Crippen molar-refractivity contribution >= 4 is 18.0 Å². The van der Waals surface area contributed by atoms with Gasteiger partial charge in [-0.15, -0.1) is 0 Å². The van der Waals surface area contributed by atoms with Crippen LogP contribution in [0, 0.1) is 0 Å². The van der Waals surface area contributed by atoms with E-state index in [4.69, 9.17) is 14.2 Å². The molecule has 0 aliphatic carbocycles. The molecule has 1 amide bonds. The van der Waals surface area contributed by atoms with Crippen LogP contribution in [0.5, 0.6) is 11.5 Å². The second-order valence-electron chi connectivity index (χ2n) is 8.27. The van der Waals surface area contributed by atoms with Crippen molar-refractivity contribution in [3.05, 3.63) is 29.3 Å². The first-order valence-electron chi connectivity index (χ1n) is 10.0. The van der Waals surface area contributed by atoms with E-state index >= 15 is 0 Å². The number of rotatable bonds is 5. The first-order valence-corrected chi connectivity index (χ1v) is 10.0. The molecule has 0 saturated carbocycles. The minimum atomic E-state index is -0.466. The Kier molecular flexibility index (Phi) is 6.47. The molecule has 1 aromatic carbocycles. The van der Waals surface area contributed by atoms with Crippen molar-refractivity contribution in [1.29, 1.82) is 0 Å². The zero-order chi connectivity index (χ0) is 21.0. The number of fused-ring (bicyclic) bond motifs is 1. The largest absolute Gasteiger partial charge is 0.496 e. The Labute approximate surface area is 172 Å². The van der Waals surface area contributed by atoms with Gasteiger partial charge in [-0.05, 0) is 39.3 Å². The maximum atomic E-state index is 12.1. The SMILES string of the molecule is COc1ccc2c(c1/C=C\CCN1CCN(C(=O)OC(C)(C)C)CC1)OCC2=O. The normalized spacial score (nSPS) is 17.4. The number of ketones is 1. The fourth-order valence-corrected chi connectivity index (χ4v) is 3.45. The van der Waals surface area contributed by atoms with E-state index < -0.39 is 5.60 Å². The molecule has 0 radical (unpaired) electrons. The van der Waals surface area contributed by atoms with E-state index in [1.54, 1.807) is 24.1 Å². The van der Waals surface area contributed by atoms with Gasteiger partial charge in [0, 0.05) is 32.7 Å². The molecule has 7 heteroatoms. The van der Waals surface area contributed by atoms with Crippen molar-refractivity contribution in [3.63, 3.8) is 0 Å². The average molecular weight is 402 g/mol. The Morgan fingerprint density at radius 1 is 1.21 bits per heavy atom. The van der Waals surface area contributed by atoms with Crippen LogP contribution in [0.25, 0.3) is 6.08 Å². The van der Waals surface area contributed by atoms with E-state index in [1.807, 2.05) is 26.8 Å². The van der Waals surface area contributed by atoms with Crippen LogP contribution in [-0.2, 0) is 4.74 Å². The third-order valence-electron chi connectivity index (χ3n) is 4.94. The van der Waals surface area contributed by atoms with Gasteiger partial charge in [-0.25, -0.2) is 4.79 Å². The second-order valence-corrected chi connectivity index (χ2v) is 8.27. The summed E-state index contributed by atoms with van der Waals surface area (Å²) in [5, 5.41) is 0. The van der Waals surface area contributed by atoms with Crippen LogP contribution in [0.3, 0.4) is 0 Å². The summed E-state index contributed by atoms with van der Waals surface area (Å²) in [4.78, 5) is 28.1. The molecule has 1 saturated heterocycles. The van der Waals surface area contributed by atoms with Crippen LogP contribution < -0.4 is 9.47 Å². The van der Waals surface area contributed by atoms with E-state index in [1.165, 1.54) is 0 Å². The summed E-state index contributed by atoms with van der Waals surface area (Å²) in [7, 11) is 1.61. The van der Waals surface area contributed by atoms with Crippen molar-refractivity contribution in [1.82, 2.24) is 9.80 Å². The number of methoxy groups -OCH3 is 1. The summed E-state index contributed by atoms with van der Waals surface area (Å²) in [6.07, 6.45) is 4.65. The molecular weight excluding hydrogens is 372 g/mol. The van der Waals surface area contributed by atoms with Crippen LogP contribution in [0.15, 0.2) is 18.2 Å². The summed E-state index contributed by atoms with van der Waals surface area (Å²) >= 11 is 0. The quantitative estimate of drug-likeness (QED) is 0.753. The minimum absolute atomic E-state index is 0.000149. The Morgan fingerprint density at radius 3 is 2.59 bits per heavy atom.